The molecule has 1 aromatic heterocycles. The van der Waals surface area contributed by atoms with Crippen LogP contribution in [0.15, 0.2) is 12.3 Å². The molecule has 0 spiro atoms. The molecule has 4 aliphatic rings. The smallest absolute Gasteiger partial charge is 0.253 e. The fourth-order valence-corrected chi connectivity index (χ4v) is 3.91. The monoisotopic (exact) mass is 259 g/mol. The van der Waals surface area contributed by atoms with Crippen molar-refractivity contribution in [2.45, 2.75) is 38.3 Å². The highest BCUT2D eigenvalue weighted by Crippen LogP contribution is 2.28. The molecule has 1 aromatic rings. The van der Waals surface area contributed by atoms with Gasteiger partial charge in [0.25, 0.3) is 5.91 Å². The predicted octanol–water partition coefficient (Wildman–Crippen LogP) is 1.26. The summed E-state index contributed by atoms with van der Waals surface area (Å²) in [5.74, 6) is 0.823. The van der Waals surface area contributed by atoms with Gasteiger partial charge in [0.1, 0.15) is 0 Å². The van der Waals surface area contributed by atoms with Crippen LogP contribution in [0.25, 0.3) is 0 Å². The Balaban J connectivity index is 1.46. The molecule has 19 heavy (non-hydrogen) atoms. The van der Waals surface area contributed by atoms with E-state index < -0.39 is 0 Å². The quantitative estimate of drug-likeness (QED) is 0.868. The molecule has 1 N–H and O–H groups in total. The molecule has 1 atom stereocenters. The van der Waals surface area contributed by atoms with Gasteiger partial charge >= 0.3 is 0 Å². The summed E-state index contributed by atoms with van der Waals surface area (Å²) in [5, 5.41) is 3.26. The molecular formula is C15H21N3O. The molecule has 1 amide bonds. The predicted molar refractivity (Wildman–Crippen MR) is 73.2 cm³/mol. The van der Waals surface area contributed by atoms with Gasteiger partial charge in [0.05, 0.1) is 5.56 Å². The second kappa shape index (κ2) is 4.37. The lowest BCUT2D eigenvalue weighted by Gasteiger charge is -2.44. The van der Waals surface area contributed by atoms with Crippen LogP contribution in [0.1, 0.15) is 35.3 Å². The molecule has 5 heterocycles. The number of nitrogens with zero attached hydrogens (tertiary/aromatic N) is 2. The third-order valence-electron chi connectivity index (χ3n) is 5.05. The SMILES string of the molecule is O=C(N[C@H]1CN2CCC1CC2)c1cc2n(c1)CCC2. The van der Waals surface area contributed by atoms with E-state index in [9.17, 15) is 4.79 Å². The third kappa shape index (κ3) is 1.98. The van der Waals surface area contributed by atoms with Gasteiger partial charge in [0.2, 0.25) is 0 Å². The number of rotatable bonds is 2. The highest BCUT2D eigenvalue weighted by atomic mass is 16.1. The maximum atomic E-state index is 12.4. The van der Waals surface area contributed by atoms with Crippen molar-refractivity contribution in [3.8, 4) is 0 Å². The minimum atomic E-state index is 0.126. The second-order valence-corrected chi connectivity index (χ2v) is 6.24. The molecular weight excluding hydrogens is 238 g/mol. The zero-order valence-electron chi connectivity index (χ0n) is 11.3. The zero-order chi connectivity index (χ0) is 12.8. The fourth-order valence-electron chi connectivity index (χ4n) is 3.91. The lowest BCUT2D eigenvalue weighted by molar-refractivity contribution is 0.0620. The number of nitrogens with one attached hydrogen (secondary N) is 1. The zero-order valence-corrected chi connectivity index (χ0v) is 11.3. The van der Waals surface area contributed by atoms with E-state index in [4.69, 9.17) is 0 Å². The van der Waals surface area contributed by atoms with Crippen molar-refractivity contribution >= 4 is 5.91 Å². The Morgan fingerprint density at radius 3 is 2.79 bits per heavy atom. The van der Waals surface area contributed by atoms with Gasteiger partial charge in [-0.2, -0.15) is 0 Å². The Hall–Kier alpha value is -1.29. The number of aryl methyl sites for hydroxylation is 2. The van der Waals surface area contributed by atoms with Crippen molar-refractivity contribution in [2.75, 3.05) is 19.6 Å². The molecule has 0 radical (unpaired) electrons. The van der Waals surface area contributed by atoms with Crippen LogP contribution in [0.5, 0.6) is 0 Å². The molecule has 5 rings (SSSR count). The van der Waals surface area contributed by atoms with Crippen LogP contribution in [0.3, 0.4) is 0 Å². The summed E-state index contributed by atoms with van der Waals surface area (Å²) in [5.41, 5.74) is 2.17. The number of fused-ring (bicyclic) bond motifs is 4. The van der Waals surface area contributed by atoms with E-state index in [-0.39, 0.29) is 5.91 Å². The topological polar surface area (TPSA) is 37.3 Å². The number of carbonyl (C=O) groups excluding carboxylic acids is 1. The lowest BCUT2D eigenvalue weighted by atomic mass is 9.84. The molecule has 0 aliphatic carbocycles. The number of hydrogen-bond donors (Lipinski definition) is 1. The summed E-state index contributed by atoms with van der Waals surface area (Å²) in [6.45, 7) is 4.56. The molecule has 102 valence electrons. The molecule has 0 aromatic carbocycles. The van der Waals surface area contributed by atoms with Gasteiger partial charge in [-0.3, -0.25) is 4.79 Å². The van der Waals surface area contributed by atoms with Gasteiger partial charge < -0.3 is 14.8 Å². The largest absolute Gasteiger partial charge is 0.351 e. The Morgan fingerprint density at radius 1 is 1.26 bits per heavy atom. The summed E-state index contributed by atoms with van der Waals surface area (Å²) >= 11 is 0. The average Bonchev–Trinajstić information content (AvgIpc) is 3.00. The second-order valence-electron chi connectivity index (χ2n) is 6.24. The number of amides is 1. The molecule has 3 fully saturated rings. The van der Waals surface area contributed by atoms with E-state index in [2.05, 4.69) is 20.9 Å². The normalized spacial score (nSPS) is 32.3. The first-order chi connectivity index (χ1) is 9.29. The summed E-state index contributed by atoms with van der Waals surface area (Å²) < 4.78 is 2.23. The van der Waals surface area contributed by atoms with Crippen molar-refractivity contribution in [2.24, 2.45) is 5.92 Å². The third-order valence-corrected chi connectivity index (χ3v) is 5.05. The minimum Gasteiger partial charge on any atom is -0.351 e. The summed E-state index contributed by atoms with van der Waals surface area (Å²) in [6, 6.07) is 2.44. The van der Waals surface area contributed by atoms with Gasteiger partial charge in [0, 0.05) is 31.0 Å². The van der Waals surface area contributed by atoms with Crippen LogP contribution in [-0.2, 0) is 13.0 Å². The van der Waals surface area contributed by atoms with E-state index in [0.29, 0.717) is 12.0 Å². The van der Waals surface area contributed by atoms with Crippen molar-refractivity contribution < 1.29 is 4.79 Å². The van der Waals surface area contributed by atoms with Gasteiger partial charge in [-0.15, -0.1) is 0 Å². The van der Waals surface area contributed by atoms with Crippen molar-refractivity contribution in [1.29, 1.82) is 0 Å². The summed E-state index contributed by atoms with van der Waals surface area (Å²) in [7, 11) is 0. The highest BCUT2D eigenvalue weighted by Gasteiger charge is 2.35. The Kier molecular flexibility index (Phi) is 2.65. The molecule has 0 saturated carbocycles. The first-order valence-corrected chi connectivity index (χ1v) is 7.52. The molecule has 0 unspecified atom stereocenters. The van der Waals surface area contributed by atoms with Crippen LogP contribution in [0.2, 0.25) is 0 Å². The van der Waals surface area contributed by atoms with E-state index in [0.717, 1.165) is 25.1 Å². The van der Waals surface area contributed by atoms with Crippen LogP contribution < -0.4 is 5.32 Å². The van der Waals surface area contributed by atoms with Crippen LogP contribution in [0, 0.1) is 5.92 Å². The number of aromatic nitrogens is 1. The molecule has 2 bridgehead atoms. The Labute approximate surface area is 113 Å². The van der Waals surface area contributed by atoms with Crippen molar-refractivity contribution in [3.63, 3.8) is 0 Å². The maximum Gasteiger partial charge on any atom is 0.253 e. The van der Waals surface area contributed by atoms with Gasteiger partial charge in [-0.05, 0) is 50.8 Å². The Bertz CT molecular complexity index is 478. The van der Waals surface area contributed by atoms with E-state index in [1.54, 1.807) is 0 Å². The number of hydrogen-bond acceptors (Lipinski definition) is 2. The average molecular weight is 259 g/mol. The molecule has 4 aliphatic heterocycles. The number of piperidine rings is 3. The van der Waals surface area contributed by atoms with Crippen molar-refractivity contribution in [1.82, 2.24) is 14.8 Å². The summed E-state index contributed by atoms with van der Waals surface area (Å²) in [4.78, 5) is 14.8. The van der Waals surface area contributed by atoms with E-state index >= 15 is 0 Å². The van der Waals surface area contributed by atoms with Crippen LogP contribution in [-0.4, -0.2) is 41.1 Å². The molecule has 3 saturated heterocycles. The highest BCUT2D eigenvalue weighted by molar-refractivity contribution is 5.94. The molecule has 4 nitrogen and oxygen atoms in total. The van der Waals surface area contributed by atoms with Crippen LogP contribution in [0.4, 0.5) is 0 Å². The van der Waals surface area contributed by atoms with Crippen LogP contribution >= 0.6 is 0 Å². The lowest BCUT2D eigenvalue weighted by Crippen LogP contribution is -2.57. The maximum absolute atomic E-state index is 12.4. The summed E-state index contributed by atoms with van der Waals surface area (Å²) in [6.07, 6.45) is 6.86. The Morgan fingerprint density at radius 2 is 2.11 bits per heavy atom. The fraction of sp³-hybridized carbons (Fsp3) is 0.667. The van der Waals surface area contributed by atoms with E-state index in [1.165, 1.54) is 38.0 Å². The first-order valence-electron chi connectivity index (χ1n) is 7.52. The first kappa shape index (κ1) is 11.5. The van der Waals surface area contributed by atoms with Gasteiger partial charge in [-0.1, -0.05) is 0 Å². The minimum absolute atomic E-state index is 0.126. The van der Waals surface area contributed by atoms with Crippen molar-refractivity contribution in [3.05, 3.63) is 23.5 Å². The standard InChI is InChI=1S/C15H21N3O/c19-15(12-8-13-2-1-5-18(13)9-12)16-14-10-17-6-3-11(14)4-7-17/h8-9,11,14H,1-7,10H2,(H,16,19)/t14-/m0/s1. The molecule has 4 heteroatoms. The van der Waals surface area contributed by atoms with Gasteiger partial charge in [0.15, 0.2) is 0 Å². The number of carbonyl (C=O) groups is 1. The van der Waals surface area contributed by atoms with Gasteiger partial charge in [-0.25, -0.2) is 0 Å². The van der Waals surface area contributed by atoms with E-state index in [1.807, 2.05) is 6.20 Å².